The molecule has 6 heteroatoms. The Morgan fingerprint density at radius 3 is 2.95 bits per heavy atom. The number of thiophene rings is 1. The van der Waals surface area contributed by atoms with Crippen LogP contribution in [0.3, 0.4) is 0 Å². The Bertz CT molecular complexity index is 718. The van der Waals surface area contributed by atoms with Crippen LogP contribution in [0.2, 0.25) is 5.02 Å². The number of carbonyl (C=O) groups excluding carboxylic acids is 1. The summed E-state index contributed by atoms with van der Waals surface area (Å²) in [5.41, 5.74) is 0.926. The second-order valence-electron chi connectivity index (χ2n) is 4.02. The van der Waals surface area contributed by atoms with Gasteiger partial charge in [0.05, 0.1) is 17.3 Å². The number of amides is 1. The van der Waals surface area contributed by atoms with Crippen molar-refractivity contribution in [2.24, 2.45) is 0 Å². The second-order valence-corrected chi connectivity index (χ2v) is 5.34. The van der Waals surface area contributed by atoms with Crippen molar-refractivity contribution in [3.63, 3.8) is 0 Å². The smallest absolute Gasteiger partial charge is 0.267 e. The monoisotopic (exact) mass is 323 g/mol. The molecule has 3 nitrogen and oxygen atoms in total. The molecule has 0 atom stereocenters. The van der Waals surface area contributed by atoms with Gasteiger partial charge in [-0.25, -0.2) is 4.39 Å². The van der Waals surface area contributed by atoms with E-state index in [1.54, 1.807) is 11.4 Å². The number of aliphatic hydroxyl groups excluding tert-OH is 1. The first-order valence-corrected chi connectivity index (χ1v) is 7.31. The number of rotatable bonds is 3. The van der Waals surface area contributed by atoms with Crippen molar-refractivity contribution in [2.45, 2.75) is 6.42 Å². The van der Waals surface area contributed by atoms with Crippen molar-refractivity contribution >= 4 is 34.5 Å². The van der Waals surface area contributed by atoms with E-state index in [0.717, 1.165) is 6.07 Å². The summed E-state index contributed by atoms with van der Waals surface area (Å²) >= 11 is 7.12. The maximum atomic E-state index is 13.0. The number of benzene rings is 1. The average molecular weight is 324 g/mol. The highest BCUT2D eigenvalue weighted by molar-refractivity contribution is 7.12. The third-order valence-electron chi connectivity index (χ3n) is 2.51. The molecule has 0 bridgehead atoms. The highest BCUT2D eigenvalue weighted by Crippen LogP contribution is 2.24. The van der Waals surface area contributed by atoms with E-state index in [1.165, 1.54) is 23.5 Å². The fraction of sp³-hybridized carbons (Fsp3) is 0.133. The lowest BCUT2D eigenvalue weighted by atomic mass is 10.2. The van der Waals surface area contributed by atoms with E-state index in [9.17, 15) is 9.18 Å². The lowest BCUT2D eigenvalue weighted by Crippen LogP contribution is -2.11. The zero-order valence-corrected chi connectivity index (χ0v) is 12.4. The molecule has 108 valence electrons. The normalized spacial score (nSPS) is 9.86. The Hall–Kier alpha value is -1.87. The zero-order chi connectivity index (χ0) is 15.2. The minimum atomic E-state index is -0.468. The van der Waals surface area contributed by atoms with Gasteiger partial charge >= 0.3 is 0 Å². The molecule has 1 aromatic heterocycles. The summed E-state index contributed by atoms with van der Waals surface area (Å²) in [7, 11) is 0. The Kier molecular flexibility index (Phi) is 5.34. The largest absolute Gasteiger partial charge is 0.395 e. The first-order chi connectivity index (χ1) is 10.1. The standard InChI is InChI=1S/C15H11ClFNO2S/c16-12-9-11(17)4-5-13(12)18-15(20)14-10(6-8-21-14)3-1-2-7-19/h4-6,8-9,19H,2,7H2,(H,18,20). The number of carbonyl (C=O) groups is 1. The van der Waals surface area contributed by atoms with Gasteiger partial charge in [-0.1, -0.05) is 23.4 Å². The maximum absolute atomic E-state index is 13.0. The van der Waals surface area contributed by atoms with Crippen molar-refractivity contribution in [1.29, 1.82) is 0 Å². The van der Waals surface area contributed by atoms with Gasteiger partial charge in [-0.05, 0) is 29.6 Å². The molecule has 1 aromatic carbocycles. The SMILES string of the molecule is O=C(Nc1ccc(F)cc1Cl)c1sccc1C#CCCO. The fourth-order valence-corrected chi connectivity index (χ4v) is 2.53. The Morgan fingerprint density at radius 1 is 1.43 bits per heavy atom. The number of halogens is 2. The second kappa shape index (κ2) is 7.23. The molecule has 0 aliphatic carbocycles. The van der Waals surface area contributed by atoms with Crippen molar-refractivity contribution in [2.75, 3.05) is 11.9 Å². The number of hydrogen-bond acceptors (Lipinski definition) is 3. The maximum Gasteiger partial charge on any atom is 0.267 e. The first kappa shape index (κ1) is 15.5. The van der Waals surface area contributed by atoms with Crippen molar-refractivity contribution in [3.05, 3.63) is 50.9 Å². The molecule has 2 N–H and O–H groups in total. The van der Waals surface area contributed by atoms with Crippen molar-refractivity contribution in [3.8, 4) is 11.8 Å². The quantitative estimate of drug-likeness (QED) is 0.849. The molecule has 0 unspecified atom stereocenters. The molecule has 0 radical (unpaired) electrons. The van der Waals surface area contributed by atoms with Crippen LogP contribution in [0.15, 0.2) is 29.6 Å². The van der Waals surface area contributed by atoms with Crippen LogP contribution in [0.25, 0.3) is 0 Å². The highest BCUT2D eigenvalue weighted by atomic mass is 35.5. The van der Waals surface area contributed by atoms with E-state index in [4.69, 9.17) is 16.7 Å². The Morgan fingerprint density at radius 2 is 2.24 bits per heavy atom. The average Bonchev–Trinajstić information content (AvgIpc) is 2.91. The molecule has 2 aromatic rings. The Labute approximate surface area is 130 Å². The van der Waals surface area contributed by atoms with E-state index >= 15 is 0 Å². The van der Waals surface area contributed by atoms with Gasteiger partial charge < -0.3 is 10.4 Å². The summed E-state index contributed by atoms with van der Waals surface area (Å²) in [6.45, 7) is -0.0240. The molecular formula is C15H11ClFNO2S. The number of anilines is 1. The summed E-state index contributed by atoms with van der Waals surface area (Å²) in [6.07, 6.45) is 0.348. The van der Waals surface area contributed by atoms with E-state index in [-0.39, 0.29) is 17.5 Å². The molecule has 0 saturated carbocycles. The molecular weight excluding hydrogens is 313 g/mol. The number of nitrogens with one attached hydrogen (secondary N) is 1. The minimum absolute atomic E-state index is 0.0240. The van der Waals surface area contributed by atoms with Crippen LogP contribution in [0.4, 0.5) is 10.1 Å². The Balaban J connectivity index is 2.18. The van der Waals surface area contributed by atoms with Crippen LogP contribution in [-0.2, 0) is 0 Å². The summed E-state index contributed by atoms with van der Waals surface area (Å²) in [6, 6.07) is 5.49. The fourth-order valence-electron chi connectivity index (χ4n) is 1.57. The van der Waals surface area contributed by atoms with Gasteiger partial charge in [0.25, 0.3) is 5.91 Å². The van der Waals surface area contributed by atoms with E-state index in [0.29, 0.717) is 22.5 Å². The number of aliphatic hydroxyl groups is 1. The van der Waals surface area contributed by atoms with Crippen LogP contribution >= 0.6 is 22.9 Å². The predicted molar refractivity (Wildman–Crippen MR) is 82.3 cm³/mol. The summed E-state index contributed by atoms with van der Waals surface area (Å²) in [5, 5.41) is 13.2. The molecule has 1 heterocycles. The topological polar surface area (TPSA) is 49.3 Å². The molecule has 2 rings (SSSR count). The predicted octanol–water partition coefficient (Wildman–Crippen LogP) is 3.53. The summed E-state index contributed by atoms with van der Waals surface area (Å²) < 4.78 is 13.0. The third kappa shape index (κ3) is 4.05. The minimum Gasteiger partial charge on any atom is -0.395 e. The van der Waals surface area contributed by atoms with Gasteiger partial charge in [0.2, 0.25) is 0 Å². The lowest BCUT2D eigenvalue weighted by Gasteiger charge is -2.06. The van der Waals surface area contributed by atoms with E-state index in [2.05, 4.69) is 17.2 Å². The summed E-state index contributed by atoms with van der Waals surface area (Å²) in [4.78, 5) is 12.6. The zero-order valence-electron chi connectivity index (χ0n) is 10.8. The molecule has 0 fully saturated rings. The van der Waals surface area contributed by atoms with Crippen LogP contribution in [0, 0.1) is 17.7 Å². The molecule has 0 spiro atoms. The molecule has 0 aliphatic rings. The number of hydrogen-bond donors (Lipinski definition) is 2. The van der Waals surface area contributed by atoms with Crippen LogP contribution < -0.4 is 5.32 Å². The van der Waals surface area contributed by atoms with Gasteiger partial charge in [-0.15, -0.1) is 11.3 Å². The van der Waals surface area contributed by atoms with Gasteiger partial charge in [-0.2, -0.15) is 0 Å². The van der Waals surface area contributed by atoms with E-state index < -0.39 is 5.82 Å². The first-order valence-electron chi connectivity index (χ1n) is 6.05. The highest BCUT2D eigenvalue weighted by Gasteiger charge is 2.13. The van der Waals surface area contributed by atoms with Crippen LogP contribution in [0.1, 0.15) is 21.7 Å². The van der Waals surface area contributed by atoms with Gasteiger partial charge in [0, 0.05) is 12.0 Å². The van der Waals surface area contributed by atoms with Crippen LogP contribution in [-0.4, -0.2) is 17.6 Å². The van der Waals surface area contributed by atoms with Gasteiger partial charge in [-0.3, -0.25) is 4.79 Å². The molecule has 21 heavy (non-hydrogen) atoms. The van der Waals surface area contributed by atoms with Crippen molar-refractivity contribution in [1.82, 2.24) is 0 Å². The van der Waals surface area contributed by atoms with Gasteiger partial charge in [0.1, 0.15) is 10.7 Å². The summed E-state index contributed by atoms with van der Waals surface area (Å²) in [5.74, 6) is 4.77. The lowest BCUT2D eigenvalue weighted by molar-refractivity contribution is 0.103. The van der Waals surface area contributed by atoms with Crippen LogP contribution in [0.5, 0.6) is 0 Å². The molecule has 0 aliphatic heterocycles. The molecule has 0 saturated heterocycles. The van der Waals surface area contributed by atoms with Gasteiger partial charge in [0.15, 0.2) is 0 Å². The molecule has 1 amide bonds. The van der Waals surface area contributed by atoms with E-state index in [1.807, 2.05) is 0 Å². The third-order valence-corrected chi connectivity index (χ3v) is 3.74. The van der Waals surface area contributed by atoms with Crippen molar-refractivity contribution < 1.29 is 14.3 Å².